The molecule has 2 aromatic rings. The molecule has 0 spiro atoms. The number of benzene rings is 2. The van der Waals surface area contributed by atoms with Gasteiger partial charge in [-0.25, -0.2) is 0 Å². The van der Waals surface area contributed by atoms with Crippen molar-refractivity contribution in [3.05, 3.63) is 54.9 Å². The van der Waals surface area contributed by atoms with Gasteiger partial charge in [-0.1, -0.05) is 12.2 Å². The maximum atomic E-state index is 9.84. The molecule has 0 saturated carbocycles. The van der Waals surface area contributed by atoms with Gasteiger partial charge >= 0.3 is 0 Å². The average molecular weight is 509 g/mol. The molecule has 7 heteroatoms. The third kappa shape index (κ3) is 4.22. The summed E-state index contributed by atoms with van der Waals surface area (Å²) >= 11 is 9.71. The lowest BCUT2D eigenvalue weighted by atomic mass is 10.1. The first-order chi connectivity index (χ1) is 10.8. The number of hydrogen-bond acceptors (Lipinski definition) is 4. The van der Waals surface area contributed by atoms with Gasteiger partial charge in [-0.05, 0) is 78.3 Å². The van der Waals surface area contributed by atoms with Crippen LogP contribution < -0.4 is 0 Å². The van der Waals surface area contributed by atoms with E-state index in [0.29, 0.717) is 37.4 Å². The molecule has 0 atom stereocenters. The van der Waals surface area contributed by atoms with Gasteiger partial charge < -0.3 is 20.4 Å². The van der Waals surface area contributed by atoms with Crippen LogP contribution in [-0.4, -0.2) is 20.4 Å². The lowest BCUT2D eigenvalue weighted by Gasteiger charge is -2.09. The lowest BCUT2D eigenvalue weighted by molar-refractivity contribution is 0.445. The van der Waals surface area contributed by atoms with Crippen LogP contribution in [0.1, 0.15) is 11.1 Å². The molecule has 4 N–H and O–H groups in total. The summed E-state index contributed by atoms with van der Waals surface area (Å²) in [7, 11) is 0. The Hall–Kier alpha value is -1.18. The van der Waals surface area contributed by atoms with Gasteiger partial charge in [-0.15, -0.1) is 0 Å². The quantitative estimate of drug-likeness (QED) is 0.340. The molecule has 0 aliphatic heterocycles. The van der Waals surface area contributed by atoms with Gasteiger partial charge in [0.2, 0.25) is 0 Å². The van der Waals surface area contributed by atoms with Gasteiger partial charge in [0.25, 0.3) is 0 Å². The van der Waals surface area contributed by atoms with Crippen molar-refractivity contribution in [3.8, 4) is 23.0 Å². The standard InChI is InChI=1S/C16H13Br3O4/c17-10-6-11(20)8(5-12(10)21)3-1-2-4-9-15(18)13(22)7-14(23)16(9)19/h1-2,5-7,20-23H,3-4H2/b2-1-. The van der Waals surface area contributed by atoms with Crippen molar-refractivity contribution in [1.29, 1.82) is 0 Å². The monoisotopic (exact) mass is 506 g/mol. The Balaban J connectivity index is 2.14. The van der Waals surface area contributed by atoms with Crippen molar-refractivity contribution >= 4 is 47.8 Å². The van der Waals surface area contributed by atoms with Crippen LogP contribution in [0.25, 0.3) is 0 Å². The van der Waals surface area contributed by atoms with Gasteiger partial charge in [-0.3, -0.25) is 0 Å². The second-order valence-corrected chi connectivity index (χ2v) is 7.27. The van der Waals surface area contributed by atoms with Crippen molar-refractivity contribution in [1.82, 2.24) is 0 Å². The molecule has 0 aromatic heterocycles. The van der Waals surface area contributed by atoms with Crippen LogP contribution in [0.4, 0.5) is 0 Å². The molecule has 0 radical (unpaired) electrons. The molecule has 0 unspecified atom stereocenters. The highest BCUT2D eigenvalue weighted by atomic mass is 79.9. The second-order valence-electron chi connectivity index (χ2n) is 4.83. The Morgan fingerprint density at radius 2 is 1.26 bits per heavy atom. The van der Waals surface area contributed by atoms with E-state index in [4.69, 9.17) is 0 Å². The first-order valence-electron chi connectivity index (χ1n) is 6.55. The summed E-state index contributed by atoms with van der Waals surface area (Å²) in [6, 6.07) is 4.19. The van der Waals surface area contributed by atoms with Gasteiger partial charge in [0.1, 0.15) is 23.0 Å². The summed E-state index contributed by atoms with van der Waals surface area (Å²) in [5.74, 6) is 0.0837. The van der Waals surface area contributed by atoms with E-state index in [1.807, 2.05) is 12.2 Å². The molecule has 0 saturated heterocycles. The fourth-order valence-corrected chi connectivity index (χ4v) is 3.56. The summed E-state index contributed by atoms with van der Waals surface area (Å²) in [5.41, 5.74) is 1.31. The van der Waals surface area contributed by atoms with Crippen molar-refractivity contribution in [3.63, 3.8) is 0 Å². The number of aromatic hydroxyl groups is 4. The van der Waals surface area contributed by atoms with Gasteiger partial charge in [0, 0.05) is 11.6 Å². The number of allylic oxidation sites excluding steroid dienone is 2. The molecular formula is C16H13Br3O4. The van der Waals surface area contributed by atoms with Crippen molar-refractivity contribution < 1.29 is 20.4 Å². The van der Waals surface area contributed by atoms with Crippen LogP contribution in [-0.2, 0) is 12.8 Å². The van der Waals surface area contributed by atoms with Gasteiger partial charge in [0.05, 0.1) is 13.4 Å². The molecule has 0 fully saturated rings. The van der Waals surface area contributed by atoms with E-state index in [1.54, 1.807) is 0 Å². The lowest BCUT2D eigenvalue weighted by Crippen LogP contribution is -1.89. The molecule has 4 nitrogen and oxygen atoms in total. The Morgan fingerprint density at radius 1 is 0.696 bits per heavy atom. The van der Waals surface area contributed by atoms with E-state index in [2.05, 4.69) is 47.8 Å². The summed E-state index contributed by atoms with van der Waals surface area (Å²) in [5, 5.41) is 38.9. The SMILES string of the molecule is Oc1cc(C/C=C\Cc2c(Br)c(O)cc(O)c2Br)c(O)cc1Br. The number of phenolic OH excluding ortho intramolecular Hbond substituents is 4. The summed E-state index contributed by atoms with van der Waals surface area (Å²) < 4.78 is 1.46. The van der Waals surface area contributed by atoms with Crippen molar-refractivity contribution in [2.45, 2.75) is 12.8 Å². The van der Waals surface area contributed by atoms with Crippen LogP contribution >= 0.6 is 47.8 Å². The van der Waals surface area contributed by atoms with Gasteiger partial charge in [0.15, 0.2) is 0 Å². The molecule has 122 valence electrons. The number of halogens is 3. The minimum Gasteiger partial charge on any atom is -0.508 e. The molecule has 23 heavy (non-hydrogen) atoms. The highest BCUT2D eigenvalue weighted by Gasteiger charge is 2.13. The van der Waals surface area contributed by atoms with E-state index >= 15 is 0 Å². The minimum atomic E-state index is -0.0374. The molecule has 0 bridgehead atoms. The Labute approximate surface area is 158 Å². The zero-order valence-corrected chi connectivity index (χ0v) is 16.5. The predicted molar refractivity (Wildman–Crippen MR) is 99.2 cm³/mol. The van der Waals surface area contributed by atoms with E-state index in [-0.39, 0.29) is 23.0 Å². The number of rotatable bonds is 4. The normalized spacial score (nSPS) is 11.3. The van der Waals surface area contributed by atoms with Crippen molar-refractivity contribution in [2.75, 3.05) is 0 Å². The predicted octanol–water partition coefficient (Wildman–Crippen LogP) is 5.14. The van der Waals surface area contributed by atoms with Crippen LogP contribution in [0, 0.1) is 0 Å². The fourth-order valence-electron chi connectivity index (χ4n) is 2.01. The van der Waals surface area contributed by atoms with E-state index in [9.17, 15) is 20.4 Å². The smallest absolute Gasteiger partial charge is 0.133 e. The molecule has 0 aliphatic carbocycles. The maximum absolute atomic E-state index is 9.84. The highest BCUT2D eigenvalue weighted by molar-refractivity contribution is 9.11. The fraction of sp³-hybridized carbons (Fsp3) is 0.125. The van der Waals surface area contributed by atoms with Gasteiger partial charge in [-0.2, -0.15) is 0 Å². The van der Waals surface area contributed by atoms with Crippen LogP contribution in [0.2, 0.25) is 0 Å². The Morgan fingerprint density at radius 3 is 1.87 bits per heavy atom. The zero-order valence-electron chi connectivity index (χ0n) is 11.7. The van der Waals surface area contributed by atoms with Crippen molar-refractivity contribution in [2.24, 2.45) is 0 Å². The topological polar surface area (TPSA) is 80.9 Å². The molecule has 2 aromatic carbocycles. The number of hydrogen-bond donors (Lipinski definition) is 4. The molecule has 2 rings (SSSR count). The maximum Gasteiger partial charge on any atom is 0.133 e. The molecular weight excluding hydrogens is 496 g/mol. The first kappa shape index (κ1) is 18.2. The number of phenols is 4. The highest BCUT2D eigenvalue weighted by Crippen LogP contribution is 2.40. The van der Waals surface area contributed by atoms with E-state index < -0.39 is 0 Å². The van der Waals surface area contributed by atoms with Crippen LogP contribution in [0.15, 0.2) is 43.8 Å². The second kappa shape index (κ2) is 7.59. The first-order valence-corrected chi connectivity index (χ1v) is 8.93. The third-order valence-corrected chi connectivity index (χ3v) is 5.63. The van der Waals surface area contributed by atoms with E-state index in [1.165, 1.54) is 18.2 Å². The van der Waals surface area contributed by atoms with Crippen LogP contribution in [0.3, 0.4) is 0 Å². The molecule has 0 heterocycles. The van der Waals surface area contributed by atoms with Crippen LogP contribution in [0.5, 0.6) is 23.0 Å². The Kier molecular flexibility index (Phi) is 6.00. The molecule has 0 amide bonds. The third-order valence-electron chi connectivity index (χ3n) is 3.23. The zero-order chi connectivity index (χ0) is 17.1. The summed E-state index contributed by atoms with van der Waals surface area (Å²) in [6.45, 7) is 0. The Bertz CT molecular complexity index is 746. The minimum absolute atomic E-state index is 0.0374. The van der Waals surface area contributed by atoms with E-state index in [0.717, 1.165) is 0 Å². The summed E-state index contributed by atoms with van der Waals surface area (Å²) in [6.07, 6.45) is 4.59. The summed E-state index contributed by atoms with van der Waals surface area (Å²) in [4.78, 5) is 0. The largest absolute Gasteiger partial charge is 0.508 e. The average Bonchev–Trinajstić information content (AvgIpc) is 2.49. The molecule has 0 aliphatic rings.